The second-order valence-corrected chi connectivity index (χ2v) is 7.24. The second kappa shape index (κ2) is 6.81. The molecule has 4 nitrogen and oxygen atoms in total. The number of benzene rings is 1. The number of carbonyl (C=O) groups excluding carboxylic acids is 1. The molecule has 1 aliphatic carbocycles. The molecule has 1 heterocycles. The van der Waals surface area contributed by atoms with Crippen LogP contribution in [-0.4, -0.2) is 28.1 Å². The van der Waals surface area contributed by atoms with Crippen molar-refractivity contribution in [2.75, 3.05) is 6.61 Å². The molecule has 23 heavy (non-hydrogen) atoms. The summed E-state index contributed by atoms with van der Waals surface area (Å²) in [5.41, 5.74) is 2.66. The fraction of sp³-hybridized carbons (Fsp3) is 0.444. The number of aliphatic hydroxyl groups is 1. The van der Waals surface area contributed by atoms with Crippen LogP contribution in [-0.2, 0) is 11.2 Å². The van der Waals surface area contributed by atoms with Crippen LogP contribution in [0.4, 0.5) is 0 Å². The number of nitrogens with one attached hydrogen (secondary N) is 1. The summed E-state index contributed by atoms with van der Waals surface area (Å²) < 4.78 is 0. The van der Waals surface area contributed by atoms with Gasteiger partial charge in [0.15, 0.2) is 0 Å². The maximum absolute atomic E-state index is 12.3. The molecule has 122 valence electrons. The number of hydrogen-bond acceptors (Lipinski definition) is 4. The topological polar surface area (TPSA) is 62.2 Å². The highest BCUT2D eigenvalue weighted by atomic mass is 32.1. The highest BCUT2D eigenvalue weighted by Gasteiger charge is 2.34. The standard InChI is InChI=1S/C18H22N2O2S/c1-13-5-4-6-14(9-13)17-19-15(11-23-17)10-16(22)20-18(12-21)7-2-3-8-18/h4-6,9,11,21H,2-3,7-8,10,12H2,1H3,(H,20,22). The molecule has 2 N–H and O–H groups in total. The van der Waals surface area contributed by atoms with Gasteiger partial charge in [-0.25, -0.2) is 4.98 Å². The van der Waals surface area contributed by atoms with E-state index in [1.165, 1.54) is 5.56 Å². The quantitative estimate of drug-likeness (QED) is 0.885. The highest BCUT2D eigenvalue weighted by Crippen LogP contribution is 2.29. The molecule has 0 bridgehead atoms. The molecular formula is C18H22N2O2S. The summed E-state index contributed by atoms with van der Waals surface area (Å²) in [5.74, 6) is -0.0537. The SMILES string of the molecule is Cc1cccc(-c2nc(CC(=O)NC3(CO)CCCC3)cs2)c1. The Morgan fingerprint density at radius 1 is 1.39 bits per heavy atom. The Balaban J connectivity index is 1.66. The van der Waals surface area contributed by atoms with Crippen LogP contribution >= 0.6 is 11.3 Å². The Hall–Kier alpha value is -1.72. The first-order valence-corrected chi connectivity index (χ1v) is 8.91. The van der Waals surface area contributed by atoms with Crippen molar-refractivity contribution < 1.29 is 9.90 Å². The van der Waals surface area contributed by atoms with Gasteiger partial charge in [0.25, 0.3) is 0 Å². The van der Waals surface area contributed by atoms with Crippen LogP contribution in [0.2, 0.25) is 0 Å². The van der Waals surface area contributed by atoms with E-state index in [4.69, 9.17) is 0 Å². The van der Waals surface area contributed by atoms with E-state index in [0.717, 1.165) is 41.9 Å². The van der Waals surface area contributed by atoms with Gasteiger partial charge in [-0.05, 0) is 25.8 Å². The van der Waals surface area contributed by atoms with Crippen molar-refractivity contribution in [1.82, 2.24) is 10.3 Å². The number of carbonyl (C=O) groups is 1. The zero-order chi connectivity index (χ0) is 16.3. The summed E-state index contributed by atoms with van der Waals surface area (Å²) in [4.78, 5) is 16.9. The lowest BCUT2D eigenvalue weighted by molar-refractivity contribution is -0.123. The smallest absolute Gasteiger partial charge is 0.226 e. The van der Waals surface area contributed by atoms with Crippen molar-refractivity contribution in [2.24, 2.45) is 0 Å². The molecule has 0 atom stereocenters. The van der Waals surface area contributed by atoms with Crippen LogP contribution in [0.3, 0.4) is 0 Å². The molecule has 0 aliphatic heterocycles. The number of hydrogen-bond donors (Lipinski definition) is 2. The first-order valence-electron chi connectivity index (χ1n) is 8.04. The van der Waals surface area contributed by atoms with Crippen LogP contribution in [0.15, 0.2) is 29.6 Å². The van der Waals surface area contributed by atoms with Crippen LogP contribution in [0, 0.1) is 6.92 Å². The number of aliphatic hydroxyl groups excluding tert-OH is 1. The number of rotatable bonds is 5. The molecule has 1 fully saturated rings. The van der Waals surface area contributed by atoms with Gasteiger partial charge >= 0.3 is 0 Å². The fourth-order valence-electron chi connectivity index (χ4n) is 3.18. The number of thiazole rings is 1. The average molecular weight is 330 g/mol. The van der Waals surface area contributed by atoms with Gasteiger partial charge < -0.3 is 10.4 Å². The summed E-state index contributed by atoms with van der Waals surface area (Å²) in [5, 5.41) is 15.5. The van der Waals surface area contributed by atoms with Crippen molar-refractivity contribution in [2.45, 2.75) is 44.6 Å². The third-order valence-electron chi connectivity index (χ3n) is 4.43. The minimum absolute atomic E-state index is 0.0182. The summed E-state index contributed by atoms with van der Waals surface area (Å²) in [6, 6.07) is 8.21. The summed E-state index contributed by atoms with van der Waals surface area (Å²) in [7, 11) is 0. The first kappa shape index (κ1) is 16.1. The number of aryl methyl sites for hydroxylation is 1. The third-order valence-corrected chi connectivity index (χ3v) is 5.37. The zero-order valence-corrected chi connectivity index (χ0v) is 14.2. The monoisotopic (exact) mass is 330 g/mol. The molecule has 1 saturated carbocycles. The minimum atomic E-state index is -0.410. The average Bonchev–Trinajstić information content (AvgIpc) is 3.17. The van der Waals surface area contributed by atoms with Gasteiger partial charge in [-0.15, -0.1) is 11.3 Å². The van der Waals surface area contributed by atoms with E-state index in [9.17, 15) is 9.90 Å². The van der Waals surface area contributed by atoms with E-state index in [1.807, 2.05) is 17.5 Å². The molecule has 0 radical (unpaired) electrons. The molecule has 1 aromatic carbocycles. The first-order chi connectivity index (χ1) is 11.1. The van der Waals surface area contributed by atoms with Gasteiger partial charge in [0.1, 0.15) is 5.01 Å². The maximum Gasteiger partial charge on any atom is 0.226 e. The Labute approximate surface area is 140 Å². The predicted molar refractivity (Wildman–Crippen MR) is 92.4 cm³/mol. The van der Waals surface area contributed by atoms with Crippen molar-refractivity contribution >= 4 is 17.2 Å². The largest absolute Gasteiger partial charge is 0.394 e. The van der Waals surface area contributed by atoms with E-state index in [-0.39, 0.29) is 18.9 Å². The molecule has 0 spiro atoms. The summed E-state index contributed by atoms with van der Waals surface area (Å²) >= 11 is 1.56. The van der Waals surface area contributed by atoms with Gasteiger partial charge in [-0.2, -0.15) is 0 Å². The number of aromatic nitrogens is 1. The molecule has 1 aliphatic rings. The van der Waals surface area contributed by atoms with Gasteiger partial charge in [-0.3, -0.25) is 4.79 Å². The van der Waals surface area contributed by atoms with Gasteiger partial charge in [0.05, 0.1) is 24.3 Å². The van der Waals surface area contributed by atoms with Crippen LogP contribution in [0.5, 0.6) is 0 Å². The lowest BCUT2D eigenvalue weighted by atomic mass is 9.98. The van der Waals surface area contributed by atoms with Crippen molar-refractivity contribution in [3.63, 3.8) is 0 Å². The van der Waals surface area contributed by atoms with Gasteiger partial charge in [0.2, 0.25) is 5.91 Å². The molecule has 0 saturated heterocycles. The zero-order valence-electron chi connectivity index (χ0n) is 13.3. The molecule has 5 heteroatoms. The van der Waals surface area contributed by atoms with Crippen LogP contribution in [0.25, 0.3) is 10.6 Å². The van der Waals surface area contributed by atoms with Crippen molar-refractivity contribution in [3.05, 3.63) is 40.9 Å². The predicted octanol–water partition coefficient (Wildman–Crippen LogP) is 3.08. The van der Waals surface area contributed by atoms with E-state index >= 15 is 0 Å². The van der Waals surface area contributed by atoms with E-state index in [1.54, 1.807) is 11.3 Å². The Morgan fingerprint density at radius 3 is 2.87 bits per heavy atom. The Bertz CT molecular complexity index is 690. The van der Waals surface area contributed by atoms with Gasteiger partial charge in [0, 0.05) is 10.9 Å². The Morgan fingerprint density at radius 2 is 2.17 bits per heavy atom. The highest BCUT2D eigenvalue weighted by molar-refractivity contribution is 7.13. The molecule has 1 amide bonds. The van der Waals surface area contributed by atoms with E-state index in [2.05, 4.69) is 29.4 Å². The summed E-state index contributed by atoms with van der Waals surface area (Å²) in [6.07, 6.45) is 4.12. The number of amides is 1. The van der Waals surface area contributed by atoms with Crippen molar-refractivity contribution in [1.29, 1.82) is 0 Å². The third kappa shape index (κ3) is 3.79. The normalized spacial score (nSPS) is 16.4. The van der Waals surface area contributed by atoms with Crippen LogP contribution < -0.4 is 5.32 Å². The van der Waals surface area contributed by atoms with Gasteiger partial charge in [-0.1, -0.05) is 36.6 Å². The molecule has 0 unspecified atom stereocenters. The maximum atomic E-state index is 12.3. The Kier molecular flexibility index (Phi) is 4.78. The summed E-state index contributed by atoms with van der Waals surface area (Å²) in [6.45, 7) is 2.08. The minimum Gasteiger partial charge on any atom is -0.394 e. The molecule has 3 rings (SSSR count). The van der Waals surface area contributed by atoms with Crippen molar-refractivity contribution in [3.8, 4) is 10.6 Å². The second-order valence-electron chi connectivity index (χ2n) is 6.38. The lowest BCUT2D eigenvalue weighted by Crippen LogP contribution is -2.49. The van der Waals surface area contributed by atoms with E-state index < -0.39 is 5.54 Å². The molecular weight excluding hydrogens is 308 g/mol. The fourth-order valence-corrected chi connectivity index (χ4v) is 3.99. The molecule has 2 aromatic rings. The molecule has 1 aromatic heterocycles. The number of nitrogens with zero attached hydrogens (tertiary/aromatic N) is 1. The lowest BCUT2D eigenvalue weighted by Gasteiger charge is -2.27. The van der Waals surface area contributed by atoms with Crippen LogP contribution in [0.1, 0.15) is 36.9 Å². The van der Waals surface area contributed by atoms with E-state index in [0.29, 0.717) is 0 Å².